The number of anilines is 1. The molecule has 6 atom stereocenters. The van der Waals surface area contributed by atoms with Gasteiger partial charge in [0.05, 0.1) is 18.5 Å². The van der Waals surface area contributed by atoms with Gasteiger partial charge in [-0.3, -0.25) is 4.57 Å². The van der Waals surface area contributed by atoms with Gasteiger partial charge in [0.25, 0.3) is 0 Å². The lowest BCUT2D eigenvalue weighted by molar-refractivity contribution is -0.0994. The summed E-state index contributed by atoms with van der Waals surface area (Å²) in [5.74, 6) is 0.0871. The molecule has 0 saturated heterocycles. The summed E-state index contributed by atoms with van der Waals surface area (Å²) in [6.07, 6.45) is -1.78. The van der Waals surface area contributed by atoms with Gasteiger partial charge in [0.15, 0.2) is 11.5 Å². The van der Waals surface area contributed by atoms with Crippen molar-refractivity contribution in [2.24, 2.45) is 0 Å². The number of hydrogen-bond donors (Lipinski definition) is 7. The molecule has 180 valence electrons. The molecule has 3 rings (SSSR count). The van der Waals surface area contributed by atoms with Gasteiger partial charge in [0, 0.05) is 0 Å². The Morgan fingerprint density at radius 2 is 1.84 bits per heavy atom. The summed E-state index contributed by atoms with van der Waals surface area (Å²) in [7, 11) is -16.2. The van der Waals surface area contributed by atoms with Crippen molar-refractivity contribution in [1.82, 2.24) is 19.5 Å². The van der Waals surface area contributed by atoms with Crippen LogP contribution in [0.3, 0.4) is 0 Å². The lowest BCUT2D eigenvalue weighted by atomic mass is 9.98. The number of ether oxygens (including phenoxy) is 1. The Kier molecular flexibility index (Phi) is 6.70. The first-order valence-electron chi connectivity index (χ1n) is 8.60. The van der Waals surface area contributed by atoms with E-state index in [1.54, 1.807) is 0 Å². The average Bonchev–Trinajstić information content (AvgIpc) is 3.11. The van der Waals surface area contributed by atoms with Crippen molar-refractivity contribution in [3.63, 3.8) is 0 Å². The fourth-order valence-corrected chi connectivity index (χ4v) is 6.66. The Morgan fingerprint density at radius 1 is 1.19 bits per heavy atom. The van der Waals surface area contributed by atoms with Crippen LogP contribution in [0, 0.1) is 0 Å². The number of rotatable bonds is 8. The van der Waals surface area contributed by atoms with Crippen LogP contribution in [0.2, 0.25) is 0 Å². The summed E-state index contributed by atoms with van der Waals surface area (Å²) < 4.78 is 48.1. The van der Waals surface area contributed by atoms with Gasteiger partial charge in [0.1, 0.15) is 29.9 Å². The molecular weight excluding hydrogens is 499 g/mol. The van der Waals surface area contributed by atoms with Gasteiger partial charge < -0.3 is 44.8 Å². The van der Waals surface area contributed by atoms with Crippen LogP contribution in [0.4, 0.5) is 5.82 Å². The van der Waals surface area contributed by atoms with Crippen molar-refractivity contribution < 1.29 is 56.8 Å². The first-order chi connectivity index (χ1) is 14.5. The van der Waals surface area contributed by atoms with Crippen molar-refractivity contribution >= 4 is 40.2 Å². The Bertz CT molecular complexity index is 1150. The van der Waals surface area contributed by atoms with Crippen LogP contribution in [-0.4, -0.2) is 73.5 Å². The highest BCUT2D eigenvalue weighted by atomic mass is 31.3. The Hall–Kier alpha value is -1.32. The lowest BCUT2D eigenvalue weighted by Crippen LogP contribution is -2.44. The van der Waals surface area contributed by atoms with Gasteiger partial charge in [0.2, 0.25) is 0 Å². The van der Waals surface area contributed by atoms with Gasteiger partial charge >= 0.3 is 23.2 Å². The molecule has 20 heteroatoms. The number of nitrogens with zero attached hydrogens (tertiary/aromatic N) is 4. The quantitative estimate of drug-likeness (QED) is 0.211. The number of aliphatic hydroxyl groups excluding tert-OH is 1. The van der Waals surface area contributed by atoms with E-state index in [0.29, 0.717) is 0 Å². The second-order valence-electron chi connectivity index (χ2n) is 7.10. The molecule has 0 spiro atoms. The summed E-state index contributed by atoms with van der Waals surface area (Å²) in [4.78, 5) is 47.9. The topological polar surface area (TPSA) is 270 Å². The second-order valence-corrected chi connectivity index (χ2v) is 11.9. The standard InChI is InChI=1S/C12H20N5O12P3/c1-12(19)7(17-4-16-8-10(13)14-3-15-11(8)17)2-6(9(12)18)27-5-30(20,21)28-32(25,26)29-31(22,23)24/h3-4,6-7,9,18-19H,2,5H2,1H3,(H,20,21)(H,25,26)(H2,13,14,15)(H2,22,23,24)/t6-,7+,9?,12?/m0/s1. The van der Waals surface area contributed by atoms with Crippen LogP contribution in [0.15, 0.2) is 12.7 Å². The number of nitrogens with two attached hydrogens (primary N) is 1. The third kappa shape index (κ3) is 5.42. The van der Waals surface area contributed by atoms with E-state index in [9.17, 15) is 33.7 Å². The fourth-order valence-electron chi connectivity index (χ4n) is 3.34. The number of imidazole rings is 1. The van der Waals surface area contributed by atoms with E-state index in [1.165, 1.54) is 24.1 Å². The molecule has 0 aliphatic heterocycles. The third-order valence-electron chi connectivity index (χ3n) is 4.70. The molecule has 8 N–H and O–H groups in total. The van der Waals surface area contributed by atoms with Gasteiger partial charge in [-0.05, 0) is 13.3 Å². The summed E-state index contributed by atoms with van der Waals surface area (Å²) in [5.41, 5.74) is 4.40. The minimum Gasteiger partial charge on any atom is -0.387 e. The lowest BCUT2D eigenvalue weighted by Gasteiger charge is -2.29. The van der Waals surface area contributed by atoms with Crippen LogP contribution in [0.5, 0.6) is 0 Å². The predicted octanol–water partition coefficient (Wildman–Crippen LogP) is -0.780. The third-order valence-corrected chi connectivity index (χ3v) is 8.69. The summed E-state index contributed by atoms with van der Waals surface area (Å²) in [6.45, 7) is 1.28. The number of aromatic nitrogens is 4. The zero-order valence-corrected chi connectivity index (χ0v) is 18.8. The molecule has 2 aromatic rings. The predicted molar refractivity (Wildman–Crippen MR) is 104 cm³/mol. The molecule has 1 saturated carbocycles. The number of phosphoric acid groups is 2. The summed E-state index contributed by atoms with van der Waals surface area (Å²) in [5, 5.41) is 21.3. The van der Waals surface area contributed by atoms with Crippen molar-refractivity contribution in [1.29, 1.82) is 0 Å². The number of nitrogen functional groups attached to an aromatic ring is 1. The minimum atomic E-state index is -5.63. The van der Waals surface area contributed by atoms with Crippen molar-refractivity contribution in [3.05, 3.63) is 12.7 Å². The van der Waals surface area contributed by atoms with Crippen molar-refractivity contribution in [2.75, 3.05) is 12.1 Å². The molecule has 2 heterocycles. The highest BCUT2D eigenvalue weighted by Crippen LogP contribution is 2.66. The monoisotopic (exact) mass is 519 g/mol. The van der Waals surface area contributed by atoms with Crippen LogP contribution < -0.4 is 5.73 Å². The molecule has 1 fully saturated rings. The zero-order valence-electron chi connectivity index (χ0n) is 16.1. The summed E-state index contributed by atoms with van der Waals surface area (Å²) >= 11 is 0. The number of hydrogen-bond acceptors (Lipinski definition) is 12. The minimum absolute atomic E-state index is 0.0871. The molecule has 0 radical (unpaired) electrons. The molecule has 32 heavy (non-hydrogen) atoms. The van der Waals surface area contributed by atoms with Crippen molar-refractivity contribution in [3.8, 4) is 0 Å². The summed E-state index contributed by atoms with van der Waals surface area (Å²) in [6, 6.07) is -0.886. The molecule has 17 nitrogen and oxygen atoms in total. The Morgan fingerprint density at radius 3 is 2.47 bits per heavy atom. The maximum atomic E-state index is 12.0. The van der Waals surface area contributed by atoms with E-state index >= 15 is 0 Å². The van der Waals surface area contributed by atoms with Gasteiger partial charge in [-0.15, -0.1) is 0 Å². The molecule has 2 aromatic heterocycles. The molecule has 0 bridgehead atoms. The van der Waals surface area contributed by atoms with Gasteiger partial charge in [-0.25, -0.2) is 28.4 Å². The van der Waals surface area contributed by atoms with E-state index in [2.05, 4.69) is 23.6 Å². The van der Waals surface area contributed by atoms with Gasteiger partial charge in [-0.1, -0.05) is 0 Å². The van der Waals surface area contributed by atoms with Gasteiger partial charge in [-0.2, -0.15) is 4.31 Å². The smallest absolute Gasteiger partial charge is 0.387 e. The molecule has 0 amide bonds. The largest absolute Gasteiger partial charge is 0.488 e. The first-order valence-corrected chi connectivity index (χ1v) is 13.4. The van der Waals surface area contributed by atoms with Crippen LogP contribution in [0.1, 0.15) is 19.4 Å². The normalized spacial score (nSPS) is 30.3. The number of aliphatic hydroxyl groups is 2. The second kappa shape index (κ2) is 8.47. The molecule has 1 aliphatic rings. The maximum absolute atomic E-state index is 12.0. The fraction of sp³-hybridized carbons (Fsp3) is 0.583. The van der Waals surface area contributed by atoms with Crippen molar-refractivity contribution in [2.45, 2.75) is 37.2 Å². The molecule has 4 unspecified atom stereocenters. The molecule has 1 aliphatic carbocycles. The van der Waals surface area contributed by atoms with E-state index in [0.717, 1.165) is 0 Å². The highest BCUT2D eigenvalue weighted by Gasteiger charge is 2.53. The first kappa shape index (κ1) is 25.3. The SMILES string of the molecule is CC1(O)C(O)[C@@H](OCP(=O)(O)OP(=O)(O)OP(=O)(O)O)C[C@H]1n1cnc2c(N)ncnc21. The van der Waals surface area contributed by atoms with E-state index in [1.807, 2.05) is 0 Å². The number of fused-ring (bicyclic) bond motifs is 1. The Balaban J connectivity index is 1.74. The average molecular weight is 519 g/mol. The Labute approximate surface area is 179 Å². The highest BCUT2D eigenvalue weighted by molar-refractivity contribution is 7.68. The maximum Gasteiger partial charge on any atom is 0.488 e. The molecular formula is C12H20N5O12P3. The van der Waals surface area contributed by atoms with E-state index in [-0.39, 0.29) is 23.4 Å². The van der Waals surface area contributed by atoms with E-state index in [4.69, 9.17) is 20.3 Å². The molecule has 0 aromatic carbocycles. The van der Waals surface area contributed by atoms with Crippen LogP contribution in [0.25, 0.3) is 11.2 Å². The zero-order chi connectivity index (χ0) is 24.1. The van der Waals surface area contributed by atoms with E-state index < -0.39 is 53.4 Å². The van der Waals surface area contributed by atoms with Crippen LogP contribution in [-0.2, 0) is 27.1 Å². The van der Waals surface area contributed by atoms with Crippen LogP contribution >= 0.6 is 23.2 Å².